The van der Waals surface area contributed by atoms with Crippen molar-refractivity contribution in [1.82, 2.24) is 9.80 Å². The molecule has 1 fully saturated rings. The lowest BCUT2D eigenvalue weighted by Crippen LogP contribution is -2.41. The highest BCUT2D eigenvalue weighted by Crippen LogP contribution is 2.29. The van der Waals surface area contributed by atoms with Gasteiger partial charge in [0.15, 0.2) is 0 Å². The van der Waals surface area contributed by atoms with E-state index in [2.05, 4.69) is 29.2 Å². The lowest BCUT2D eigenvalue weighted by atomic mass is 9.98. The lowest BCUT2D eigenvalue weighted by molar-refractivity contribution is 0.0773. The van der Waals surface area contributed by atoms with Crippen LogP contribution in [-0.2, 0) is 13.0 Å². The molecular formula is C26H24Cl2N2O. The minimum absolute atomic E-state index is 0.112. The molecule has 3 aromatic carbocycles. The third-order valence-corrected chi connectivity index (χ3v) is 7.25. The molecule has 0 aliphatic carbocycles. The van der Waals surface area contributed by atoms with Gasteiger partial charge in [0.1, 0.15) is 0 Å². The molecule has 2 aliphatic heterocycles. The van der Waals surface area contributed by atoms with Gasteiger partial charge in [0.25, 0.3) is 5.91 Å². The molecule has 0 bridgehead atoms. The van der Waals surface area contributed by atoms with Crippen molar-refractivity contribution >= 4 is 29.1 Å². The molecule has 0 N–H and O–H groups in total. The molecule has 3 aromatic rings. The number of hydrogen-bond acceptors (Lipinski definition) is 2. The second-order valence-electron chi connectivity index (χ2n) is 8.39. The standard InChI is InChI=1S/C26H24Cl2N2O/c27-24-10-9-21(15-25(24)28)19-5-7-20(8-6-19)26(31)30-14-12-23(17-30)29-13-11-18-3-1-2-4-22(18)16-29/h1-10,15,23H,11-14,16-17H2. The van der Waals surface area contributed by atoms with Gasteiger partial charge in [0.05, 0.1) is 10.0 Å². The van der Waals surface area contributed by atoms with Crippen molar-refractivity contribution in [3.05, 3.63) is 93.5 Å². The minimum Gasteiger partial charge on any atom is -0.337 e. The zero-order valence-corrected chi connectivity index (χ0v) is 18.7. The molecule has 1 amide bonds. The predicted molar refractivity (Wildman–Crippen MR) is 127 cm³/mol. The quantitative estimate of drug-likeness (QED) is 0.493. The van der Waals surface area contributed by atoms with Crippen LogP contribution in [0.3, 0.4) is 0 Å². The lowest BCUT2D eigenvalue weighted by Gasteiger charge is -2.33. The first-order valence-electron chi connectivity index (χ1n) is 10.7. The molecule has 0 radical (unpaired) electrons. The first-order valence-corrected chi connectivity index (χ1v) is 11.5. The fraction of sp³-hybridized carbons (Fsp3) is 0.269. The number of rotatable bonds is 3. The Morgan fingerprint density at radius 3 is 2.35 bits per heavy atom. The smallest absolute Gasteiger partial charge is 0.253 e. The molecule has 158 valence electrons. The molecule has 1 saturated heterocycles. The number of amides is 1. The summed E-state index contributed by atoms with van der Waals surface area (Å²) in [6.45, 7) is 3.68. The summed E-state index contributed by atoms with van der Waals surface area (Å²) < 4.78 is 0. The van der Waals surface area contributed by atoms with Gasteiger partial charge >= 0.3 is 0 Å². The second-order valence-corrected chi connectivity index (χ2v) is 9.20. The molecule has 1 unspecified atom stereocenters. The highest BCUT2D eigenvalue weighted by molar-refractivity contribution is 6.42. The zero-order chi connectivity index (χ0) is 21.4. The largest absolute Gasteiger partial charge is 0.337 e. The highest BCUT2D eigenvalue weighted by atomic mass is 35.5. The Bertz CT molecular complexity index is 1110. The Kier molecular flexibility index (Phi) is 5.75. The number of likely N-dealkylation sites (tertiary alicyclic amines) is 1. The van der Waals surface area contributed by atoms with Gasteiger partial charge < -0.3 is 4.90 Å². The fourth-order valence-electron chi connectivity index (χ4n) is 4.72. The van der Waals surface area contributed by atoms with Crippen LogP contribution in [0.2, 0.25) is 10.0 Å². The van der Waals surface area contributed by atoms with E-state index in [1.165, 1.54) is 11.1 Å². The molecular weight excluding hydrogens is 427 g/mol. The molecule has 0 spiro atoms. The molecule has 0 aromatic heterocycles. The molecule has 0 saturated carbocycles. The van der Waals surface area contributed by atoms with Crippen molar-refractivity contribution < 1.29 is 4.79 Å². The van der Waals surface area contributed by atoms with Crippen LogP contribution in [0.5, 0.6) is 0 Å². The number of halogens is 2. The molecule has 2 aliphatic rings. The first kappa shape index (κ1) is 20.6. The van der Waals surface area contributed by atoms with Crippen molar-refractivity contribution in [2.75, 3.05) is 19.6 Å². The number of carbonyl (C=O) groups is 1. The zero-order valence-electron chi connectivity index (χ0n) is 17.2. The van der Waals surface area contributed by atoms with Gasteiger partial charge in [-0.15, -0.1) is 0 Å². The van der Waals surface area contributed by atoms with Gasteiger partial charge in [-0.1, -0.05) is 65.7 Å². The molecule has 5 rings (SSSR count). The van der Waals surface area contributed by atoms with Crippen LogP contribution in [0, 0.1) is 0 Å². The summed E-state index contributed by atoms with van der Waals surface area (Å²) >= 11 is 12.2. The Morgan fingerprint density at radius 2 is 1.58 bits per heavy atom. The van der Waals surface area contributed by atoms with Gasteiger partial charge in [-0.25, -0.2) is 0 Å². The van der Waals surface area contributed by atoms with Crippen LogP contribution >= 0.6 is 23.2 Å². The van der Waals surface area contributed by atoms with Crippen LogP contribution in [-0.4, -0.2) is 41.4 Å². The van der Waals surface area contributed by atoms with E-state index in [9.17, 15) is 4.79 Å². The monoisotopic (exact) mass is 450 g/mol. The van der Waals surface area contributed by atoms with Gasteiger partial charge in [-0.05, 0) is 59.4 Å². The summed E-state index contributed by atoms with van der Waals surface area (Å²) in [6, 6.07) is 22.5. The van der Waals surface area contributed by atoms with Crippen molar-refractivity contribution in [3.8, 4) is 11.1 Å². The summed E-state index contributed by atoms with van der Waals surface area (Å²) in [4.78, 5) is 17.6. The topological polar surface area (TPSA) is 23.6 Å². The SMILES string of the molecule is O=C(c1ccc(-c2ccc(Cl)c(Cl)c2)cc1)N1CCC(N2CCc3ccccc3C2)C1. The normalized spacial score (nSPS) is 18.8. The average Bonchev–Trinajstić information content (AvgIpc) is 3.30. The van der Waals surface area contributed by atoms with E-state index in [4.69, 9.17) is 23.2 Å². The number of fused-ring (bicyclic) bond motifs is 1. The van der Waals surface area contributed by atoms with Gasteiger partial charge in [0.2, 0.25) is 0 Å². The van der Waals surface area contributed by atoms with E-state index >= 15 is 0 Å². The summed E-state index contributed by atoms with van der Waals surface area (Å²) in [7, 11) is 0. The van der Waals surface area contributed by atoms with Gasteiger partial charge in [-0.2, -0.15) is 0 Å². The van der Waals surface area contributed by atoms with E-state index in [-0.39, 0.29) is 5.91 Å². The van der Waals surface area contributed by atoms with E-state index < -0.39 is 0 Å². The van der Waals surface area contributed by atoms with E-state index in [1.54, 1.807) is 6.07 Å². The van der Waals surface area contributed by atoms with Crippen LogP contribution in [0.15, 0.2) is 66.7 Å². The summed E-state index contributed by atoms with van der Waals surface area (Å²) in [5, 5.41) is 1.07. The van der Waals surface area contributed by atoms with Crippen molar-refractivity contribution in [2.45, 2.75) is 25.4 Å². The van der Waals surface area contributed by atoms with Crippen LogP contribution in [0.4, 0.5) is 0 Å². The van der Waals surface area contributed by atoms with Gasteiger partial charge in [-0.3, -0.25) is 9.69 Å². The van der Waals surface area contributed by atoms with Crippen molar-refractivity contribution in [2.24, 2.45) is 0 Å². The number of hydrogen-bond donors (Lipinski definition) is 0. The first-order chi connectivity index (χ1) is 15.1. The maximum atomic E-state index is 13.1. The Balaban J connectivity index is 1.24. The van der Waals surface area contributed by atoms with E-state index in [1.807, 2.05) is 41.3 Å². The summed E-state index contributed by atoms with van der Waals surface area (Å²) in [5.41, 5.74) is 5.62. The highest BCUT2D eigenvalue weighted by Gasteiger charge is 2.32. The van der Waals surface area contributed by atoms with Crippen molar-refractivity contribution in [1.29, 1.82) is 0 Å². The third kappa shape index (κ3) is 4.23. The van der Waals surface area contributed by atoms with Crippen LogP contribution in [0.25, 0.3) is 11.1 Å². The Morgan fingerprint density at radius 1 is 0.839 bits per heavy atom. The summed E-state index contributed by atoms with van der Waals surface area (Å²) in [5.74, 6) is 0.112. The molecule has 5 heteroatoms. The molecule has 3 nitrogen and oxygen atoms in total. The average molecular weight is 451 g/mol. The Labute approximate surface area is 193 Å². The summed E-state index contributed by atoms with van der Waals surface area (Å²) in [6.07, 6.45) is 2.13. The molecule has 1 atom stereocenters. The van der Waals surface area contributed by atoms with Gasteiger partial charge in [0, 0.05) is 37.8 Å². The number of carbonyl (C=O) groups excluding carboxylic acids is 1. The minimum atomic E-state index is 0.112. The maximum absolute atomic E-state index is 13.1. The maximum Gasteiger partial charge on any atom is 0.253 e. The second kappa shape index (κ2) is 8.66. The number of nitrogens with zero attached hydrogens (tertiary/aromatic N) is 2. The van der Waals surface area contributed by atoms with Crippen molar-refractivity contribution in [3.63, 3.8) is 0 Å². The number of benzene rings is 3. The van der Waals surface area contributed by atoms with Crippen LogP contribution < -0.4 is 0 Å². The van der Waals surface area contributed by atoms with E-state index in [0.717, 1.165) is 55.7 Å². The Hall–Kier alpha value is -2.33. The third-order valence-electron chi connectivity index (χ3n) is 6.51. The molecule has 2 heterocycles. The van der Waals surface area contributed by atoms with E-state index in [0.29, 0.717) is 16.1 Å². The van der Waals surface area contributed by atoms with Crippen LogP contribution in [0.1, 0.15) is 27.9 Å². The predicted octanol–water partition coefficient (Wildman–Crippen LogP) is 5.93. The fourth-order valence-corrected chi connectivity index (χ4v) is 5.02. The molecule has 31 heavy (non-hydrogen) atoms.